The second-order valence-electron chi connectivity index (χ2n) is 5.62. The van der Waals surface area contributed by atoms with E-state index in [0.717, 1.165) is 5.56 Å². The summed E-state index contributed by atoms with van der Waals surface area (Å²) in [7, 11) is -3.08. The van der Waals surface area contributed by atoms with Crippen molar-refractivity contribution in [2.45, 2.75) is 73.0 Å². The van der Waals surface area contributed by atoms with Gasteiger partial charge in [-0.1, -0.05) is 68.2 Å². The van der Waals surface area contributed by atoms with Crippen LogP contribution in [0.4, 0.5) is 13.2 Å². The standard InChI is InChI=1S/C10H14O2S.C5H10F3N.3CH4.Y/c1-8(2)9-6-4-5-7-10(9)13(3,11)12;1-4(2)9-3-5(6,7)8;;;;/h4-8H,1-3H3;4,9H,3H2,1-2H3;3*1H4;. The van der Waals surface area contributed by atoms with Crippen LogP contribution >= 0.6 is 0 Å². The van der Waals surface area contributed by atoms with E-state index in [0.29, 0.717) is 4.90 Å². The van der Waals surface area contributed by atoms with Gasteiger partial charge in [-0.2, -0.15) is 13.2 Å². The van der Waals surface area contributed by atoms with Crippen molar-refractivity contribution in [2.75, 3.05) is 12.8 Å². The van der Waals surface area contributed by atoms with Crippen LogP contribution in [0.25, 0.3) is 0 Å². The summed E-state index contributed by atoms with van der Waals surface area (Å²) in [5.41, 5.74) is 0.894. The zero-order chi connectivity index (χ0) is 17.6. The third kappa shape index (κ3) is 17.4. The predicted octanol–water partition coefficient (Wildman–Crippen LogP) is 5.67. The van der Waals surface area contributed by atoms with Gasteiger partial charge in [0.2, 0.25) is 0 Å². The van der Waals surface area contributed by atoms with Crippen LogP contribution in [0.1, 0.15) is 61.5 Å². The van der Waals surface area contributed by atoms with Crippen molar-refractivity contribution in [3.63, 3.8) is 0 Å². The van der Waals surface area contributed by atoms with Crippen molar-refractivity contribution in [3.05, 3.63) is 29.8 Å². The summed E-state index contributed by atoms with van der Waals surface area (Å²) in [5.74, 6) is 0.242. The number of nitrogens with one attached hydrogen (secondary N) is 1. The van der Waals surface area contributed by atoms with Gasteiger partial charge < -0.3 is 5.32 Å². The molecule has 0 saturated heterocycles. The first-order chi connectivity index (χ1) is 9.84. The van der Waals surface area contributed by atoms with Gasteiger partial charge in [-0.25, -0.2) is 8.42 Å². The van der Waals surface area contributed by atoms with Crippen LogP contribution in [0.2, 0.25) is 0 Å². The molecular weight excluding hydrogens is 440 g/mol. The minimum Gasteiger partial charge on any atom is -0.306 e. The molecule has 0 aliphatic carbocycles. The summed E-state index contributed by atoms with van der Waals surface area (Å²) in [4.78, 5) is 0.449. The molecule has 8 heteroatoms. The zero-order valence-electron chi connectivity index (χ0n) is 14.1. The summed E-state index contributed by atoms with van der Waals surface area (Å²) in [6.45, 7) is 6.43. The summed E-state index contributed by atoms with van der Waals surface area (Å²) in [5, 5.41) is 2.26. The van der Waals surface area contributed by atoms with Crippen molar-refractivity contribution >= 4 is 9.84 Å². The number of halogens is 3. The van der Waals surface area contributed by atoms with Crippen LogP contribution in [0.15, 0.2) is 29.2 Å². The molecule has 0 amide bonds. The summed E-state index contributed by atoms with van der Waals surface area (Å²) in [6.07, 6.45) is -2.83. The molecule has 0 spiro atoms. The van der Waals surface area contributed by atoms with E-state index in [1.54, 1.807) is 26.0 Å². The van der Waals surface area contributed by atoms with Gasteiger partial charge in [0.25, 0.3) is 0 Å². The number of sulfone groups is 1. The molecule has 1 rings (SSSR count). The first kappa shape index (κ1) is 36.9. The van der Waals surface area contributed by atoms with E-state index in [-0.39, 0.29) is 66.9 Å². The van der Waals surface area contributed by atoms with Gasteiger partial charge in [0.15, 0.2) is 9.84 Å². The Hall–Kier alpha value is 0.0239. The quantitative estimate of drug-likeness (QED) is 0.610. The monoisotopic (exact) mass is 476 g/mol. The molecule has 0 saturated carbocycles. The maximum atomic E-state index is 11.4. The van der Waals surface area contributed by atoms with Crippen LogP contribution in [-0.4, -0.2) is 33.4 Å². The van der Waals surface area contributed by atoms with Gasteiger partial charge in [-0.15, -0.1) is 0 Å². The zero-order valence-corrected chi connectivity index (χ0v) is 17.8. The van der Waals surface area contributed by atoms with Crippen LogP contribution < -0.4 is 5.32 Å². The van der Waals surface area contributed by atoms with Crippen LogP contribution in [-0.2, 0) is 42.5 Å². The third-order valence-corrected chi connectivity index (χ3v) is 3.82. The van der Waals surface area contributed by atoms with Gasteiger partial charge in [0.05, 0.1) is 11.4 Å². The van der Waals surface area contributed by atoms with Crippen molar-refractivity contribution in [1.29, 1.82) is 0 Å². The Morgan fingerprint density at radius 1 is 1.00 bits per heavy atom. The summed E-state index contributed by atoms with van der Waals surface area (Å²) in [6, 6.07) is 7.03. The molecule has 0 fully saturated rings. The SMILES string of the molecule is C.C.C.CC(C)NCC(F)(F)F.CC(C)c1ccccc1S(C)(=O)=O.[Y]. The Morgan fingerprint density at radius 2 is 1.42 bits per heavy atom. The fourth-order valence-electron chi connectivity index (χ4n) is 1.62. The molecule has 0 aromatic heterocycles. The van der Waals surface area contributed by atoms with Crippen LogP contribution in [0, 0.1) is 0 Å². The molecular formula is C18H36F3NO2SY. The molecule has 0 aliphatic rings. The predicted molar refractivity (Wildman–Crippen MR) is 103 cm³/mol. The number of hydrogen-bond donors (Lipinski definition) is 1. The molecule has 1 aromatic rings. The van der Waals surface area contributed by atoms with Crippen molar-refractivity contribution in [1.82, 2.24) is 5.32 Å². The maximum Gasteiger partial charge on any atom is 0.401 e. The minimum atomic E-state index is -4.08. The molecule has 0 aliphatic heterocycles. The Kier molecular flexibility index (Phi) is 22.7. The maximum absolute atomic E-state index is 11.4. The average molecular weight is 476 g/mol. The van der Waals surface area contributed by atoms with E-state index in [9.17, 15) is 21.6 Å². The van der Waals surface area contributed by atoms with Gasteiger partial charge in [0.1, 0.15) is 0 Å². The van der Waals surface area contributed by atoms with Gasteiger partial charge >= 0.3 is 6.18 Å². The van der Waals surface area contributed by atoms with Crippen LogP contribution in [0.3, 0.4) is 0 Å². The summed E-state index contributed by atoms with van der Waals surface area (Å²) >= 11 is 0. The molecule has 26 heavy (non-hydrogen) atoms. The summed E-state index contributed by atoms with van der Waals surface area (Å²) < 4.78 is 56.8. The molecule has 0 atom stereocenters. The Labute approximate surface area is 184 Å². The molecule has 1 radical (unpaired) electrons. The third-order valence-electron chi connectivity index (χ3n) is 2.65. The Bertz CT molecular complexity index is 560. The topological polar surface area (TPSA) is 46.2 Å². The van der Waals surface area contributed by atoms with Crippen molar-refractivity contribution < 1.29 is 54.3 Å². The molecule has 0 heterocycles. The first-order valence-corrected chi connectivity index (χ1v) is 8.83. The number of rotatable bonds is 4. The minimum absolute atomic E-state index is 0. The largest absolute Gasteiger partial charge is 0.401 e. The van der Waals surface area contributed by atoms with E-state index in [1.165, 1.54) is 6.26 Å². The Morgan fingerprint density at radius 3 is 1.65 bits per heavy atom. The second kappa shape index (κ2) is 16.0. The molecule has 1 aromatic carbocycles. The van der Waals surface area contributed by atoms with E-state index in [4.69, 9.17) is 0 Å². The fourth-order valence-corrected chi connectivity index (χ4v) is 2.67. The molecule has 0 unspecified atom stereocenters. The fraction of sp³-hybridized carbons (Fsp3) is 0.667. The molecule has 0 bridgehead atoms. The van der Waals surface area contributed by atoms with Crippen LogP contribution in [0.5, 0.6) is 0 Å². The second-order valence-corrected chi connectivity index (χ2v) is 7.60. The molecule has 3 nitrogen and oxygen atoms in total. The van der Waals surface area contributed by atoms with Crippen molar-refractivity contribution in [3.8, 4) is 0 Å². The Balaban J connectivity index is -0.000000103. The van der Waals surface area contributed by atoms with Gasteiger partial charge in [-0.3, -0.25) is 0 Å². The molecule has 155 valence electrons. The van der Waals surface area contributed by atoms with E-state index >= 15 is 0 Å². The first-order valence-electron chi connectivity index (χ1n) is 6.93. The van der Waals surface area contributed by atoms with E-state index in [1.807, 2.05) is 26.0 Å². The van der Waals surface area contributed by atoms with E-state index < -0.39 is 22.6 Å². The normalized spacial score (nSPS) is 10.4. The number of benzene rings is 1. The molecule has 1 N–H and O–H groups in total. The number of alkyl halides is 3. The van der Waals surface area contributed by atoms with Gasteiger partial charge in [-0.05, 0) is 17.5 Å². The smallest absolute Gasteiger partial charge is 0.306 e. The average Bonchev–Trinajstić information content (AvgIpc) is 2.35. The van der Waals surface area contributed by atoms with Crippen molar-refractivity contribution in [2.24, 2.45) is 0 Å². The van der Waals surface area contributed by atoms with Gasteiger partial charge in [0, 0.05) is 45.0 Å². The van der Waals surface area contributed by atoms with E-state index in [2.05, 4.69) is 5.32 Å². The number of hydrogen-bond acceptors (Lipinski definition) is 3.